The number of aryl methyl sites for hydroxylation is 4. The lowest BCUT2D eigenvalue weighted by Gasteiger charge is -2.39. The van der Waals surface area contributed by atoms with Crippen LogP contribution in [0.1, 0.15) is 52.2 Å². The normalized spacial score (nSPS) is 19.3. The number of carbonyl (C=O) groups is 1. The second-order valence-corrected chi connectivity index (χ2v) is 11.3. The van der Waals surface area contributed by atoms with Gasteiger partial charge in [-0.2, -0.15) is 4.31 Å². The van der Waals surface area contributed by atoms with Crippen molar-refractivity contribution in [2.24, 2.45) is 5.41 Å². The number of hydrogen-bond acceptors (Lipinski definition) is 5. The summed E-state index contributed by atoms with van der Waals surface area (Å²) in [5, 5.41) is 4.46. The number of carbonyl (C=O) groups excluding carboxylic acids is 1. The minimum absolute atomic E-state index is 0.0548. The molecule has 1 aromatic carbocycles. The van der Waals surface area contributed by atoms with Crippen LogP contribution in [-0.4, -0.2) is 54.9 Å². The molecule has 2 aliphatic rings. The van der Waals surface area contributed by atoms with Gasteiger partial charge in [0.05, 0.1) is 10.6 Å². The molecule has 2 saturated heterocycles. The van der Waals surface area contributed by atoms with E-state index in [1.807, 2.05) is 11.8 Å². The Bertz CT molecular complexity index is 1110. The maximum Gasteiger partial charge on any atom is 0.259 e. The van der Waals surface area contributed by atoms with Gasteiger partial charge in [0.15, 0.2) is 0 Å². The first-order chi connectivity index (χ1) is 14.5. The van der Waals surface area contributed by atoms with Crippen molar-refractivity contribution in [2.45, 2.75) is 51.9 Å². The molecular weight excluding hydrogens is 438 g/mol. The molecule has 0 N–H and O–H groups in total. The minimum atomic E-state index is -3.59. The van der Waals surface area contributed by atoms with Gasteiger partial charge in [-0.05, 0) is 75.6 Å². The summed E-state index contributed by atoms with van der Waals surface area (Å²) in [5.74, 6) is 0.482. The van der Waals surface area contributed by atoms with Gasteiger partial charge >= 0.3 is 0 Å². The van der Waals surface area contributed by atoms with Crippen molar-refractivity contribution in [3.05, 3.63) is 45.3 Å². The van der Waals surface area contributed by atoms with E-state index in [2.05, 4.69) is 5.16 Å². The van der Waals surface area contributed by atoms with Crippen LogP contribution in [-0.2, 0) is 10.0 Å². The van der Waals surface area contributed by atoms with Crippen molar-refractivity contribution in [1.29, 1.82) is 0 Å². The van der Waals surface area contributed by atoms with Gasteiger partial charge in [-0.25, -0.2) is 8.42 Å². The van der Waals surface area contributed by atoms with Crippen LogP contribution in [0.5, 0.6) is 0 Å². The molecule has 0 bridgehead atoms. The average Bonchev–Trinajstić information content (AvgIpc) is 3.28. The fraction of sp³-hybridized carbons (Fsp3) is 0.545. The van der Waals surface area contributed by atoms with Gasteiger partial charge in [0, 0.05) is 31.2 Å². The summed E-state index contributed by atoms with van der Waals surface area (Å²) in [5.41, 5.74) is 2.48. The van der Waals surface area contributed by atoms with Crippen LogP contribution in [0.4, 0.5) is 0 Å². The standard InChI is InChI=1S/C22H28ClN3O4S/c1-14-12-19(15(2)11-18(14)23)31(28,29)26-10-7-22(13-26)5-8-25(9-6-22)21(27)20-16(3)24-30-17(20)4/h11-12H,5-10,13H2,1-4H3. The third-order valence-electron chi connectivity index (χ3n) is 6.84. The number of aromatic nitrogens is 1. The molecule has 1 amide bonds. The Morgan fingerprint density at radius 1 is 1.06 bits per heavy atom. The summed E-state index contributed by atoms with van der Waals surface area (Å²) in [6.07, 6.45) is 2.38. The van der Waals surface area contributed by atoms with Crippen LogP contribution in [0.3, 0.4) is 0 Å². The van der Waals surface area contributed by atoms with Crippen molar-refractivity contribution >= 4 is 27.5 Å². The van der Waals surface area contributed by atoms with Gasteiger partial charge in [0.1, 0.15) is 11.3 Å². The van der Waals surface area contributed by atoms with E-state index in [0.717, 1.165) is 24.8 Å². The summed E-state index contributed by atoms with van der Waals surface area (Å²) in [6.45, 7) is 9.33. The third kappa shape index (κ3) is 3.90. The molecule has 1 spiro atoms. The minimum Gasteiger partial charge on any atom is -0.361 e. The maximum atomic E-state index is 13.3. The third-order valence-corrected chi connectivity index (χ3v) is 9.23. The highest BCUT2D eigenvalue weighted by Crippen LogP contribution is 2.43. The number of likely N-dealkylation sites (tertiary alicyclic amines) is 1. The van der Waals surface area contributed by atoms with Crippen molar-refractivity contribution in [3.63, 3.8) is 0 Å². The summed E-state index contributed by atoms with van der Waals surface area (Å²) in [4.78, 5) is 15.1. The monoisotopic (exact) mass is 465 g/mol. The Balaban J connectivity index is 1.47. The predicted octanol–water partition coefficient (Wildman–Crippen LogP) is 3.88. The van der Waals surface area contributed by atoms with E-state index in [1.165, 1.54) is 0 Å². The topological polar surface area (TPSA) is 83.7 Å². The Labute approximate surface area is 188 Å². The number of piperidine rings is 1. The number of nitrogens with zero attached hydrogens (tertiary/aromatic N) is 3. The number of rotatable bonds is 3. The van der Waals surface area contributed by atoms with E-state index in [9.17, 15) is 13.2 Å². The zero-order chi connectivity index (χ0) is 22.6. The molecule has 9 heteroatoms. The second-order valence-electron chi connectivity index (χ2n) is 8.95. The Kier molecular flexibility index (Phi) is 5.69. The zero-order valence-corrected chi connectivity index (χ0v) is 19.9. The van der Waals surface area contributed by atoms with Gasteiger partial charge in [0.2, 0.25) is 10.0 Å². The van der Waals surface area contributed by atoms with E-state index < -0.39 is 10.0 Å². The summed E-state index contributed by atoms with van der Waals surface area (Å²) >= 11 is 6.16. The van der Waals surface area contributed by atoms with Crippen LogP contribution >= 0.6 is 11.6 Å². The van der Waals surface area contributed by atoms with E-state index in [-0.39, 0.29) is 11.3 Å². The molecule has 0 aliphatic carbocycles. The fourth-order valence-corrected chi connectivity index (χ4v) is 6.87. The van der Waals surface area contributed by atoms with Crippen molar-refractivity contribution in [3.8, 4) is 0 Å². The Morgan fingerprint density at radius 3 is 2.32 bits per heavy atom. The average molecular weight is 466 g/mol. The summed E-state index contributed by atoms with van der Waals surface area (Å²) < 4.78 is 33.4. The molecule has 2 fully saturated rings. The first-order valence-electron chi connectivity index (χ1n) is 10.5. The molecule has 2 aromatic rings. The van der Waals surface area contributed by atoms with Gasteiger partial charge in [-0.1, -0.05) is 16.8 Å². The van der Waals surface area contributed by atoms with Crippen molar-refractivity contribution < 1.29 is 17.7 Å². The van der Waals surface area contributed by atoms with E-state index in [4.69, 9.17) is 16.1 Å². The highest BCUT2D eigenvalue weighted by molar-refractivity contribution is 7.89. The van der Waals surface area contributed by atoms with Gasteiger partial charge in [-0.3, -0.25) is 4.79 Å². The van der Waals surface area contributed by atoms with Crippen LogP contribution in [0.25, 0.3) is 0 Å². The lowest BCUT2D eigenvalue weighted by atomic mass is 9.78. The predicted molar refractivity (Wildman–Crippen MR) is 118 cm³/mol. The molecule has 3 heterocycles. The lowest BCUT2D eigenvalue weighted by Crippen LogP contribution is -2.45. The first-order valence-corrected chi connectivity index (χ1v) is 12.3. The SMILES string of the molecule is Cc1cc(S(=O)(=O)N2CCC3(CCN(C(=O)c4c(C)noc4C)CC3)C2)c(C)cc1Cl. The molecule has 7 nitrogen and oxygen atoms in total. The number of hydrogen-bond donors (Lipinski definition) is 0. The lowest BCUT2D eigenvalue weighted by molar-refractivity contribution is 0.0597. The number of sulfonamides is 1. The first kappa shape index (κ1) is 22.3. The number of halogens is 1. The largest absolute Gasteiger partial charge is 0.361 e. The fourth-order valence-electron chi connectivity index (χ4n) is 4.81. The van der Waals surface area contributed by atoms with Crippen molar-refractivity contribution in [2.75, 3.05) is 26.2 Å². The molecule has 1 aromatic heterocycles. The van der Waals surface area contributed by atoms with Crippen LogP contribution in [0, 0.1) is 33.1 Å². The smallest absolute Gasteiger partial charge is 0.259 e. The molecule has 0 atom stereocenters. The Hall–Kier alpha value is -1.90. The molecule has 4 rings (SSSR count). The van der Waals surface area contributed by atoms with Gasteiger partial charge in [0.25, 0.3) is 5.91 Å². The summed E-state index contributed by atoms with van der Waals surface area (Å²) in [7, 11) is -3.59. The van der Waals surface area contributed by atoms with E-state index in [0.29, 0.717) is 58.7 Å². The maximum absolute atomic E-state index is 13.3. The van der Waals surface area contributed by atoms with Crippen molar-refractivity contribution in [1.82, 2.24) is 14.4 Å². The van der Waals surface area contributed by atoms with Gasteiger partial charge < -0.3 is 9.42 Å². The van der Waals surface area contributed by atoms with Crippen LogP contribution < -0.4 is 0 Å². The molecule has 0 saturated carbocycles. The van der Waals surface area contributed by atoms with E-state index >= 15 is 0 Å². The molecule has 31 heavy (non-hydrogen) atoms. The molecule has 2 aliphatic heterocycles. The number of amides is 1. The summed E-state index contributed by atoms with van der Waals surface area (Å²) in [6, 6.07) is 3.39. The molecule has 0 unspecified atom stereocenters. The molecule has 0 radical (unpaired) electrons. The van der Waals surface area contributed by atoms with Crippen LogP contribution in [0.2, 0.25) is 5.02 Å². The second kappa shape index (κ2) is 7.90. The number of benzene rings is 1. The van der Waals surface area contributed by atoms with Crippen LogP contribution in [0.15, 0.2) is 21.6 Å². The highest BCUT2D eigenvalue weighted by Gasteiger charge is 2.45. The van der Waals surface area contributed by atoms with E-state index in [1.54, 1.807) is 37.2 Å². The highest BCUT2D eigenvalue weighted by atomic mass is 35.5. The zero-order valence-electron chi connectivity index (χ0n) is 18.4. The molecule has 168 valence electrons. The quantitative estimate of drug-likeness (QED) is 0.686. The molecular formula is C22H28ClN3O4S. The van der Waals surface area contributed by atoms with Gasteiger partial charge in [-0.15, -0.1) is 0 Å². The Morgan fingerprint density at radius 2 is 1.71 bits per heavy atom.